The van der Waals surface area contributed by atoms with Crippen molar-refractivity contribution in [3.05, 3.63) is 0 Å². The summed E-state index contributed by atoms with van der Waals surface area (Å²) in [5.41, 5.74) is -0.742. The lowest BCUT2D eigenvalue weighted by Crippen LogP contribution is -2.55. The molecule has 3 rings (SSSR count). The maximum Gasteiger partial charge on any atom is 0.303 e. The molecule has 0 radical (unpaired) electrons. The van der Waals surface area contributed by atoms with Crippen LogP contribution in [-0.2, 0) is 14.4 Å². The first-order valence-corrected chi connectivity index (χ1v) is 11.0. The fourth-order valence-electron chi connectivity index (χ4n) is 6.83. The number of hydrogen-bond donors (Lipinski definition) is 1. The van der Waals surface area contributed by atoms with Gasteiger partial charge in [-0.2, -0.15) is 0 Å². The minimum absolute atomic E-state index is 0.0506. The third-order valence-electron chi connectivity index (χ3n) is 8.47. The summed E-state index contributed by atoms with van der Waals surface area (Å²) in [7, 11) is 0. The van der Waals surface area contributed by atoms with E-state index in [2.05, 4.69) is 13.8 Å². The Hall–Kier alpha value is -1.19. The van der Waals surface area contributed by atoms with Gasteiger partial charge in [0.1, 0.15) is 11.6 Å². The zero-order valence-corrected chi connectivity index (χ0v) is 17.3. The van der Waals surface area contributed by atoms with Gasteiger partial charge >= 0.3 is 5.97 Å². The number of unbranched alkanes of at least 4 members (excludes halogenated alkanes) is 2. The smallest absolute Gasteiger partial charge is 0.303 e. The van der Waals surface area contributed by atoms with Crippen LogP contribution in [0.1, 0.15) is 91.4 Å². The molecule has 0 bridgehead atoms. The molecular weight excluding hydrogens is 340 g/mol. The van der Waals surface area contributed by atoms with Gasteiger partial charge < -0.3 is 5.11 Å². The summed E-state index contributed by atoms with van der Waals surface area (Å²) in [6.07, 6.45) is 9.12. The van der Waals surface area contributed by atoms with Gasteiger partial charge in [-0.1, -0.05) is 40.0 Å². The molecular formula is C23H36O4. The molecule has 4 heteroatoms. The third-order valence-corrected chi connectivity index (χ3v) is 8.47. The lowest BCUT2D eigenvalue weighted by atomic mass is 9.47. The predicted octanol–water partition coefficient (Wildman–Crippen LogP) is 5.04. The fourth-order valence-corrected chi connectivity index (χ4v) is 6.83. The van der Waals surface area contributed by atoms with Crippen LogP contribution in [0.3, 0.4) is 0 Å². The molecule has 0 heterocycles. The highest BCUT2D eigenvalue weighted by Gasteiger charge is 2.61. The van der Waals surface area contributed by atoms with Crippen molar-refractivity contribution in [2.24, 2.45) is 34.5 Å². The van der Waals surface area contributed by atoms with E-state index in [9.17, 15) is 19.5 Å². The fraction of sp³-hybridized carbons (Fsp3) is 0.870. The maximum atomic E-state index is 13.5. The van der Waals surface area contributed by atoms with Crippen LogP contribution in [0.25, 0.3) is 0 Å². The number of aliphatic carboxylic acids is 1. The summed E-state index contributed by atoms with van der Waals surface area (Å²) in [5, 5.41) is 9.25. The normalized spacial score (nSPS) is 41.3. The topological polar surface area (TPSA) is 71.4 Å². The number of carboxylic acids is 1. The minimum Gasteiger partial charge on any atom is -0.481 e. The third kappa shape index (κ3) is 3.49. The van der Waals surface area contributed by atoms with Crippen molar-refractivity contribution in [3.63, 3.8) is 0 Å². The van der Waals surface area contributed by atoms with E-state index in [0.717, 1.165) is 51.4 Å². The van der Waals surface area contributed by atoms with Crippen molar-refractivity contribution >= 4 is 17.5 Å². The molecule has 0 aromatic rings. The quantitative estimate of drug-likeness (QED) is 0.632. The molecule has 3 fully saturated rings. The molecule has 3 aliphatic rings. The highest BCUT2D eigenvalue weighted by Crippen LogP contribution is 2.62. The van der Waals surface area contributed by atoms with Crippen molar-refractivity contribution in [1.29, 1.82) is 0 Å². The molecule has 3 aliphatic carbocycles. The van der Waals surface area contributed by atoms with Gasteiger partial charge in [0.25, 0.3) is 0 Å². The second-order valence-electron chi connectivity index (χ2n) is 9.90. The van der Waals surface area contributed by atoms with Crippen molar-refractivity contribution < 1.29 is 19.5 Å². The average Bonchev–Trinajstić information content (AvgIpc) is 2.93. The van der Waals surface area contributed by atoms with Crippen LogP contribution >= 0.6 is 0 Å². The molecule has 27 heavy (non-hydrogen) atoms. The van der Waals surface area contributed by atoms with Gasteiger partial charge in [-0.15, -0.1) is 0 Å². The molecule has 3 saturated carbocycles. The predicted molar refractivity (Wildman–Crippen MR) is 104 cm³/mol. The standard InChI is InChI=1S/C23H36O4/c1-4-5-6-7-15-14-16-17-8-9-19(24)22(17,2)12-10-18(16)23(3,21(15)27)13-11-20(25)26/h15-18H,4-14H2,1-3H3,(H,25,26). The zero-order chi connectivity index (χ0) is 19.8. The minimum atomic E-state index is -0.814. The number of carbonyl (C=O) groups excluding carboxylic acids is 2. The second kappa shape index (κ2) is 7.67. The van der Waals surface area contributed by atoms with E-state index in [1.807, 2.05) is 6.92 Å². The number of ketones is 2. The number of fused-ring (bicyclic) bond motifs is 3. The van der Waals surface area contributed by atoms with Crippen molar-refractivity contribution in [3.8, 4) is 0 Å². The van der Waals surface area contributed by atoms with E-state index in [1.54, 1.807) is 0 Å². The summed E-state index contributed by atoms with van der Waals surface area (Å²) in [6, 6.07) is 0. The van der Waals surface area contributed by atoms with Gasteiger partial charge in [0.2, 0.25) is 0 Å². The highest BCUT2D eigenvalue weighted by atomic mass is 16.4. The SMILES string of the molecule is CCCCCC1CC2C3CCC(=O)C3(C)CCC2C(C)(CCC(=O)O)C1=O. The molecule has 0 aromatic heterocycles. The largest absolute Gasteiger partial charge is 0.481 e. The number of carboxylic acid groups (broad SMARTS) is 1. The van der Waals surface area contributed by atoms with E-state index in [4.69, 9.17) is 0 Å². The molecule has 1 N–H and O–H groups in total. The summed E-state index contributed by atoms with van der Waals surface area (Å²) < 4.78 is 0. The zero-order valence-electron chi connectivity index (χ0n) is 17.3. The Morgan fingerprint density at radius 3 is 2.56 bits per heavy atom. The van der Waals surface area contributed by atoms with Crippen molar-refractivity contribution in [1.82, 2.24) is 0 Å². The van der Waals surface area contributed by atoms with Crippen molar-refractivity contribution in [2.75, 3.05) is 0 Å². The van der Waals surface area contributed by atoms with Crippen molar-refractivity contribution in [2.45, 2.75) is 91.4 Å². The van der Waals surface area contributed by atoms with E-state index in [-0.39, 0.29) is 23.7 Å². The second-order valence-corrected chi connectivity index (χ2v) is 9.90. The molecule has 152 valence electrons. The number of rotatable bonds is 7. The molecule has 0 saturated heterocycles. The lowest BCUT2D eigenvalue weighted by molar-refractivity contribution is -0.155. The highest BCUT2D eigenvalue weighted by molar-refractivity contribution is 5.90. The monoisotopic (exact) mass is 376 g/mol. The average molecular weight is 377 g/mol. The van der Waals surface area contributed by atoms with Gasteiger partial charge in [0, 0.05) is 29.6 Å². The Morgan fingerprint density at radius 2 is 1.89 bits per heavy atom. The van der Waals surface area contributed by atoms with Gasteiger partial charge in [-0.3, -0.25) is 14.4 Å². The maximum absolute atomic E-state index is 13.5. The Labute approximate surface area is 163 Å². The number of hydrogen-bond acceptors (Lipinski definition) is 3. The Balaban J connectivity index is 1.89. The van der Waals surface area contributed by atoms with Crippen LogP contribution in [0.15, 0.2) is 0 Å². The van der Waals surface area contributed by atoms with Crippen LogP contribution in [0, 0.1) is 34.5 Å². The lowest BCUT2D eigenvalue weighted by Gasteiger charge is -2.56. The molecule has 6 atom stereocenters. The summed E-state index contributed by atoms with van der Waals surface area (Å²) in [4.78, 5) is 37.3. The van der Waals surface area contributed by atoms with Crippen LogP contribution in [0.2, 0.25) is 0 Å². The summed E-state index contributed by atoms with van der Waals surface area (Å²) in [5.74, 6) is 0.996. The van der Waals surface area contributed by atoms with E-state index in [0.29, 0.717) is 36.2 Å². The first kappa shape index (κ1) is 20.5. The molecule has 0 aliphatic heterocycles. The van der Waals surface area contributed by atoms with Gasteiger partial charge in [-0.25, -0.2) is 0 Å². The van der Waals surface area contributed by atoms with Crippen LogP contribution < -0.4 is 0 Å². The van der Waals surface area contributed by atoms with E-state index < -0.39 is 11.4 Å². The number of Topliss-reactive ketones (excluding diaryl/α,β-unsaturated/α-hetero) is 2. The Kier molecular flexibility index (Phi) is 5.84. The molecule has 0 aromatic carbocycles. The van der Waals surface area contributed by atoms with Crippen LogP contribution in [-0.4, -0.2) is 22.6 Å². The van der Waals surface area contributed by atoms with Crippen LogP contribution in [0.5, 0.6) is 0 Å². The number of carbonyl (C=O) groups is 3. The van der Waals surface area contributed by atoms with Crippen LogP contribution in [0.4, 0.5) is 0 Å². The Morgan fingerprint density at radius 1 is 1.15 bits per heavy atom. The Bertz CT molecular complexity index is 611. The first-order valence-electron chi connectivity index (χ1n) is 11.0. The molecule has 4 nitrogen and oxygen atoms in total. The molecule has 0 amide bonds. The van der Waals surface area contributed by atoms with Gasteiger partial charge in [0.05, 0.1) is 0 Å². The molecule has 6 unspecified atom stereocenters. The molecule has 0 spiro atoms. The van der Waals surface area contributed by atoms with E-state index in [1.165, 1.54) is 0 Å². The van der Waals surface area contributed by atoms with Gasteiger partial charge in [0.15, 0.2) is 0 Å². The first-order chi connectivity index (χ1) is 12.7. The van der Waals surface area contributed by atoms with E-state index >= 15 is 0 Å². The summed E-state index contributed by atoms with van der Waals surface area (Å²) in [6.45, 7) is 6.37. The summed E-state index contributed by atoms with van der Waals surface area (Å²) >= 11 is 0. The van der Waals surface area contributed by atoms with Gasteiger partial charge in [-0.05, 0) is 56.3 Å².